The van der Waals surface area contributed by atoms with Crippen LogP contribution in [0, 0.1) is 0 Å². The quantitative estimate of drug-likeness (QED) is 0.780. The first-order valence-electron chi connectivity index (χ1n) is 5.45. The summed E-state index contributed by atoms with van der Waals surface area (Å²) in [5.41, 5.74) is 0. The third kappa shape index (κ3) is 6.09. The van der Waals surface area contributed by atoms with E-state index in [0.29, 0.717) is 0 Å². The van der Waals surface area contributed by atoms with Crippen molar-refractivity contribution in [3.63, 3.8) is 0 Å². The Hall–Kier alpha value is -1.04. The van der Waals surface area contributed by atoms with Crippen LogP contribution in [-0.2, 0) is 4.74 Å². The molecule has 0 fully saturated rings. The molecule has 0 saturated heterocycles. The van der Waals surface area contributed by atoms with E-state index in [-0.39, 0.29) is 12.5 Å². The number of methoxy groups -OCH3 is 1. The zero-order valence-corrected chi connectivity index (χ0v) is 13.5. The number of phenols is 1. The van der Waals surface area contributed by atoms with Crippen molar-refractivity contribution in [3.8, 4) is 11.5 Å². The summed E-state index contributed by atoms with van der Waals surface area (Å²) in [5.74, 6) is 1.09. The van der Waals surface area contributed by atoms with Crippen molar-refractivity contribution in [2.45, 2.75) is 0 Å². The summed E-state index contributed by atoms with van der Waals surface area (Å²) in [6.45, 7) is 0.280. The van der Waals surface area contributed by atoms with E-state index < -0.39 is 0 Å². The Balaban J connectivity index is 0.000000200. The van der Waals surface area contributed by atoms with Crippen molar-refractivity contribution in [3.05, 3.63) is 57.5 Å². The van der Waals surface area contributed by atoms with Crippen molar-refractivity contribution < 1.29 is 14.6 Å². The van der Waals surface area contributed by atoms with Gasteiger partial charge in [-0.25, -0.2) is 0 Å². The van der Waals surface area contributed by atoms with Crippen LogP contribution in [0.2, 0.25) is 0 Å². The number of hydrogen-bond donors (Lipinski definition) is 1. The van der Waals surface area contributed by atoms with Gasteiger partial charge in [-0.1, -0.05) is 24.3 Å². The Labute approximate surface area is 129 Å². The fraction of sp³-hybridized carbons (Fsp3) is 0.143. The van der Waals surface area contributed by atoms with Crippen molar-refractivity contribution in [2.75, 3.05) is 13.9 Å². The Morgan fingerprint density at radius 3 is 2.00 bits per heavy atom. The minimum Gasteiger partial charge on any atom is -0.507 e. The lowest BCUT2D eigenvalue weighted by Crippen LogP contribution is -1.98. The predicted octanol–water partition coefficient (Wildman–Crippen LogP) is 4.59. The second-order valence-electron chi connectivity index (χ2n) is 3.43. The van der Waals surface area contributed by atoms with E-state index in [4.69, 9.17) is 14.6 Å². The van der Waals surface area contributed by atoms with Crippen LogP contribution < -0.4 is 4.74 Å². The Morgan fingerprint density at radius 1 is 0.947 bits per heavy atom. The molecule has 0 aliphatic carbocycles. The van der Waals surface area contributed by atoms with E-state index >= 15 is 0 Å². The SMILES string of the molecule is COCOc1ccccc1Br.Oc1ccccc1Br. The second kappa shape index (κ2) is 8.96. The van der Waals surface area contributed by atoms with E-state index in [1.54, 1.807) is 25.3 Å². The Kier molecular flexibility index (Phi) is 7.55. The molecule has 0 radical (unpaired) electrons. The highest BCUT2D eigenvalue weighted by Gasteiger charge is 1.96. The minimum atomic E-state index is 0.280. The summed E-state index contributed by atoms with van der Waals surface area (Å²) < 4.78 is 11.7. The monoisotopic (exact) mass is 388 g/mol. The third-order valence-electron chi connectivity index (χ3n) is 2.02. The van der Waals surface area contributed by atoms with Crippen molar-refractivity contribution in [1.29, 1.82) is 0 Å². The van der Waals surface area contributed by atoms with Gasteiger partial charge in [0, 0.05) is 7.11 Å². The van der Waals surface area contributed by atoms with Crippen LogP contribution in [0.5, 0.6) is 11.5 Å². The molecule has 2 aromatic rings. The molecule has 0 amide bonds. The zero-order valence-electron chi connectivity index (χ0n) is 10.3. The molecule has 0 heterocycles. The fourth-order valence-corrected chi connectivity index (χ4v) is 1.82. The number of hydrogen-bond acceptors (Lipinski definition) is 3. The summed E-state index contributed by atoms with van der Waals surface area (Å²) in [7, 11) is 1.59. The number of phenolic OH excluding ortho intramolecular Hbond substituents is 1. The van der Waals surface area contributed by atoms with Gasteiger partial charge >= 0.3 is 0 Å². The molecule has 0 aliphatic heterocycles. The molecule has 5 heteroatoms. The van der Waals surface area contributed by atoms with Gasteiger partial charge in [0.05, 0.1) is 8.95 Å². The average Bonchev–Trinajstić information content (AvgIpc) is 2.42. The van der Waals surface area contributed by atoms with Crippen molar-refractivity contribution >= 4 is 31.9 Å². The fourth-order valence-electron chi connectivity index (χ4n) is 1.14. The van der Waals surface area contributed by atoms with Gasteiger partial charge in [0.2, 0.25) is 0 Å². The molecule has 0 aromatic heterocycles. The molecule has 3 nitrogen and oxygen atoms in total. The molecule has 2 aromatic carbocycles. The number of rotatable bonds is 3. The lowest BCUT2D eigenvalue weighted by molar-refractivity contribution is 0.0506. The topological polar surface area (TPSA) is 38.7 Å². The van der Waals surface area contributed by atoms with E-state index in [1.165, 1.54) is 0 Å². The Bertz CT molecular complexity index is 483. The maximum Gasteiger partial charge on any atom is 0.188 e. The van der Waals surface area contributed by atoms with E-state index in [9.17, 15) is 0 Å². The normalized spacial score (nSPS) is 9.42. The second-order valence-corrected chi connectivity index (χ2v) is 5.14. The summed E-state index contributed by atoms with van der Waals surface area (Å²) in [6.07, 6.45) is 0. The molecule has 0 saturated carbocycles. The standard InChI is InChI=1S/C8H9BrO2.C6H5BrO/c1-10-6-11-8-5-3-2-4-7(8)9;7-5-3-1-2-4-6(5)8/h2-5H,6H2,1H3;1-4,8H. The minimum absolute atomic E-state index is 0.280. The Morgan fingerprint density at radius 2 is 1.53 bits per heavy atom. The molecule has 2 rings (SSSR count). The van der Waals surface area contributed by atoms with Gasteiger partial charge in [-0.3, -0.25) is 0 Å². The van der Waals surface area contributed by atoms with Crippen LogP contribution in [-0.4, -0.2) is 19.0 Å². The molecular weight excluding hydrogens is 376 g/mol. The molecule has 0 aliphatic rings. The summed E-state index contributed by atoms with van der Waals surface area (Å²) in [5, 5.41) is 8.87. The number of halogens is 2. The van der Waals surface area contributed by atoms with Crippen LogP contribution in [0.15, 0.2) is 57.5 Å². The number of aromatic hydroxyl groups is 1. The molecule has 102 valence electrons. The molecule has 19 heavy (non-hydrogen) atoms. The van der Waals surface area contributed by atoms with Gasteiger partial charge < -0.3 is 14.6 Å². The molecule has 0 spiro atoms. The maximum atomic E-state index is 8.87. The van der Waals surface area contributed by atoms with E-state index in [1.807, 2.05) is 30.3 Å². The largest absolute Gasteiger partial charge is 0.507 e. The summed E-state index contributed by atoms with van der Waals surface area (Å²) in [4.78, 5) is 0. The van der Waals surface area contributed by atoms with Crippen LogP contribution in [0.3, 0.4) is 0 Å². The van der Waals surface area contributed by atoms with Gasteiger partial charge in [-0.15, -0.1) is 0 Å². The first-order chi connectivity index (χ1) is 9.15. The third-order valence-corrected chi connectivity index (χ3v) is 3.35. The van der Waals surface area contributed by atoms with Crippen molar-refractivity contribution in [2.24, 2.45) is 0 Å². The lowest BCUT2D eigenvalue weighted by Gasteiger charge is -2.05. The summed E-state index contributed by atoms with van der Waals surface area (Å²) >= 11 is 6.49. The highest BCUT2D eigenvalue weighted by molar-refractivity contribution is 9.10. The van der Waals surface area contributed by atoms with Crippen LogP contribution in [0.25, 0.3) is 0 Å². The molecule has 0 atom stereocenters. The highest BCUT2D eigenvalue weighted by atomic mass is 79.9. The number of ether oxygens (including phenoxy) is 2. The number of para-hydroxylation sites is 2. The smallest absolute Gasteiger partial charge is 0.188 e. The van der Waals surface area contributed by atoms with Gasteiger partial charge in [0.1, 0.15) is 11.5 Å². The molecule has 0 bridgehead atoms. The molecule has 0 unspecified atom stereocenters. The number of benzene rings is 2. The summed E-state index contributed by atoms with van der Waals surface area (Å²) in [6, 6.07) is 14.7. The molecular formula is C14H14Br2O3. The maximum absolute atomic E-state index is 8.87. The molecule has 1 N–H and O–H groups in total. The van der Waals surface area contributed by atoms with E-state index in [2.05, 4.69) is 31.9 Å². The van der Waals surface area contributed by atoms with Crippen LogP contribution in [0.1, 0.15) is 0 Å². The van der Waals surface area contributed by atoms with E-state index in [0.717, 1.165) is 14.7 Å². The first-order valence-corrected chi connectivity index (χ1v) is 7.03. The van der Waals surface area contributed by atoms with Gasteiger partial charge in [-0.2, -0.15) is 0 Å². The predicted molar refractivity (Wildman–Crippen MR) is 82.5 cm³/mol. The lowest BCUT2D eigenvalue weighted by atomic mass is 10.3. The van der Waals surface area contributed by atoms with Gasteiger partial charge in [-0.05, 0) is 56.1 Å². The van der Waals surface area contributed by atoms with Gasteiger partial charge in [0.25, 0.3) is 0 Å². The first kappa shape index (κ1) is 16.0. The van der Waals surface area contributed by atoms with Crippen LogP contribution in [0.4, 0.5) is 0 Å². The average molecular weight is 390 g/mol. The van der Waals surface area contributed by atoms with Gasteiger partial charge in [0.15, 0.2) is 6.79 Å². The van der Waals surface area contributed by atoms with Crippen molar-refractivity contribution in [1.82, 2.24) is 0 Å². The van der Waals surface area contributed by atoms with Crippen LogP contribution >= 0.6 is 31.9 Å². The highest BCUT2D eigenvalue weighted by Crippen LogP contribution is 2.23. The zero-order chi connectivity index (χ0) is 14.1.